The molecule has 4 atom stereocenters. The van der Waals surface area contributed by atoms with Gasteiger partial charge in [-0.05, 0) is 82.4 Å². The minimum atomic E-state index is -0.526. The van der Waals surface area contributed by atoms with Gasteiger partial charge in [0.25, 0.3) is 0 Å². The molecule has 2 bridgehead atoms. The summed E-state index contributed by atoms with van der Waals surface area (Å²) in [4.78, 5) is 24.9. The molecule has 3 aromatic heterocycles. The largest absolute Gasteiger partial charge is 0.444 e. The maximum Gasteiger partial charge on any atom is 0.410 e. The van der Waals surface area contributed by atoms with E-state index >= 15 is 0 Å². The fourth-order valence-electron chi connectivity index (χ4n) is 6.90. The lowest BCUT2D eigenvalue weighted by molar-refractivity contribution is -0.0395. The lowest BCUT2D eigenvalue weighted by Gasteiger charge is -2.42. The Morgan fingerprint density at radius 2 is 1.86 bits per heavy atom. The number of aromatic nitrogens is 5. The van der Waals surface area contributed by atoms with Crippen LogP contribution in [0, 0.1) is 3.70 Å². The predicted octanol–water partition coefficient (Wildman–Crippen LogP) is 4.73. The van der Waals surface area contributed by atoms with E-state index < -0.39 is 5.60 Å². The van der Waals surface area contributed by atoms with Crippen LogP contribution in [0.2, 0.25) is 0 Å². The second-order valence-corrected chi connectivity index (χ2v) is 14.2. The molecule has 0 N–H and O–H groups in total. The molecule has 4 fully saturated rings. The summed E-state index contributed by atoms with van der Waals surface area (Å²) in [6.45, 7) is 11.9. The first-order valence-electron chi connectivity index (χ1n) is 15.5. The summed E-state index contributed by atoms with van der Waals surface area (Å²) in [6.07, 6.45) is 7.07. The van der Waals surface area contributed by atoms with Gasteiger partial charge in [0, 0.05) is 50.6 Å². The smallest absolute Gasteiger partial charge is 0.410 e. The van der Waals surface area contributed by atoms with E-state index in [-0.39, 0.29) is 18.4 Å². The number of hydrogen-bond donors (Lipinski definition) is 0. The van der Waals surface area contributed by atoms with Crippen LogP contribution in [0.15, 0.2) is 18.3 Å². The monoisotopic (exact) mass is 704 g/mol. The third kappa shape index (κ3) is 5.56. The number of nitrogens with zero attached hydrogens (tertiary/aromatic N) is 8. The highest BCUT2D eigenvalue weighted by atomic mass is 127. The molecule has 0 saturated carbocycles. The molecule has 4 aliphatic heterocycles. The zero-order valence-electron chi connectivity index (χ0n) is 25.4. The first-order chi connectivity index (χ1) is 20.7. The number of halogens is 1. The average molecular weight is 705 g/mol. The van der Waals surface area contributed by atoms with E-state index in [0.29, 0.717) is 31.7 Å². The average Bonchev–Trinajstić information content (AvgIpc) is 3.66. The molecule has 12 nitrogen and oxygen atoms in total. The molecule has 0 radical (unpaired) electrons. The zero-order chi connectivity index (χ0) is 29.9. The third-order valence-corrected chi connectivity index (χ3v) is 9.67. The van der Waals surface area contributed by atoms with E-state index in [9.17, 15) is 4.79 Å². The Morgan fingerprint density at radius 1 is 1.07 bits per heavy atom. The topological polar surface area (TPSA) is 103 Å². The van der Waals surface area contributed by atoms with Gasteiger partial charge in [-0.15, -0.1) is 0 Å². The zero-order valence-corrected chi connectivity index (χ0v) is 27.6. The second-order valence-electron chi connectivity index (χ2n) is 13.2. The molecular formula is C30H41IN8O4. The van der Waals surface area contributed by atoms with E-state index in [4.69, 9.17) is 29.4 Å². The van der Waals surface area contributed by atoms with Crippen LogP contribution in [0.3, 0.4) is 0 Å². The van der Waals surface area contributed by atoms with Gasteiger partial charge in [0.15, 0.2) is 11.5 Å². The quantitative estimate of drug-likeness (QED) is 0.357. The molecule has 0 spiro atoms. The highest BCUT2D eigenvalue weighted by Crippen LogP contribution is 2.40. The van der Waals surface area contributed by atoms with Crippen LogP contribution >= 0.6 is 22.6 Å². The highest BCUT2D eigenvalue weighted by molar-refractivity contribution is 14.1. The SMILES string of the molecule is C[C@@H]1CN(C(=O)OC(C)(C)C)CCN1c1cc(N2C3CCC2COC3)nc2c1c(I)nn2-c1ccn(C2CCCCO2)n1. The van der Waals surface area contributed by atoms with Crippen molar-refractivity contribution in [1.29, 1.82) is 0 Å². The van der Waals surface area contributed by atoms with E-state index in [1.165, 1.54) is 0 Å². The lowest BCUT2D eigenvalue weighted by Crippen LogP contribution is -2.54. The van der Waals surface area contributed by atoms with Crippen molar-refractivity contribution in [2.24, 2.45) is 0 Å². The summed E-state index contributed by atoms with van der Waals surface area (Å²) in [5.74, 6) is 1.68. The van der Waals surface area contributed by atoms with Crippen LogP contribution in [0.25, 0.3) is 16.9 Å². The Balaban J connectivity index is 1.28. The Morgan fingerprint density at radius 3 is 2.56 bits per heavy atom. The van der Waals surface area contributed by atoms with Gasteiger partial charge in [0.05, 0.1) is 36.4 Å². The molecule has 4 aliphatic rings. The van der Waals surface area contributed by atoms with Crippen molar-refractivity contribution >= 4 is 51.2 Å². The number of amides is 1. The number of hydrogen-bond acceptors (Lipinski definition) is 9. The van der Waals surface area contributed by atoms with Gasteiger partial charge in [-0.3, -0.25) is 0 Å². The van der Waals surface area contributed by atoms with Gasteiger partial charge in [-0.25, -0.2) is 14.5 Å². The van der Waals surface area contributed by atoms with E-state index in [0.717, 1.165) is 84.0 Å². The number of carbonyl (C=O) groups excluding carboxylic acids is 1. The third-order valence-electron chi connectivity index (χ3n) is 8.92. The van der Waals surface area contributed by atoms with E-state index in [1.54, 1.807) is 0 Å². The Kier molecular flexibility index (Phi) is 7.69. The number of ether oxygens (including phenoxy) is 3. The number of rotatable bonds is 4. The van der Waals surface area contributed by atoms with Crippen molar-refractivity contribution in [3.63, 3.8) is 0 Å². The second kappa shape index (κ2) is 11.4. The Labute approximate surface area is 265 Å². The normalized spacial score (nSPS) is 26.4. The fraction of sp³-hybridized carbons (Fsp3) is 0.667. The summed E-state index contributed by atoms with van der Waals surface area (Å²) in [7, 11) is 0. The summed E-state index contributed by atoms with van der Waals surface area (Å²) in [6, 6.07) is 4.94. The maximum atomic E-state index is 12.9. The number of pyridine rings is 1. The van der Waals surface area contributed by atoms with Gasteiger partial charge in [0.2, 0.25) is 0 Å². The Hall–Kier alpha value is -2.65. The van der Waals surface area contributed by atoms with Crippen LogP contribution in [-0.2, 0) is 14.2 Å². The summed E-state index contributed by atoms with van der Waals surface area (Å²) < 4.78 is 22.3. The standard InChI is InChI=1S/C30H41IN8O4/c1-19-16-35(29(40)43-30(2,3)4)12-13-36(19)22-15-24(38-20-8-9-21(38)18-41-17-20)32-28-26(22)27(31)34-39(28)23-10-11-37(33-23)25-7-5-6-14-42-25/h10-11,15,19-21,25H,5-9,12-14,16-18H2,1-4H3/t19-,20?,21?,25?/m1/s1. The number of fused-ring (bicyclic) bond motifs is 3. The van der Waals surface area contributed by atoms with Gasteiger partial charge in [0.1, 0.15) is 21.3 Å². The number of morpholine rings is 1. The number of piperazine rings is 1. The molecule has 43 heavy (non-hydrogen) atoms. The molecule has 3 unspecified atom stereocenters. The van der Waals surface area contributed by atoms with Crippen LogP contribution in [0.4, 0.5) is 16.3 Å². The summed E-state index contributed by atoms with van der Waals surface area (Å²) in [5.41, 5.74) is 1.36. The molecular weight excluding hydrogens is 663 g/mol. The Bertz CT molecular complexity index is 1480. The summed E-state index contributed by atoms with van der Waals surface area (Å²) in [5, 5.41) is 10.9. The van der Waals surface area contributed by atoms with Crippen LogP contribution in [0.5, 0.6) is 0 Å². The molecule has 1 amide bonds. The first kappa shape index (κ1) is 29.1. The van der Waals surface area contributed by atoms with Crippen molar-refractivity contribution in [2.45, 2.75) is 89.8 Å². The highest BCUT2D eigenvalue weighted by Gasteiger charge is 2.40. The fourth-order valence-corrected chi connectivity index (χ4v) is 7.64. The van der Waals surface area contributed by atoms with Crippen molar-refractivity contribution in [3.8, 4) is 5.82 Å². The minimum Gasteiger partial charge on any atom is -0.444 e. The van der Waals surface area contributed by atoms with Gasteiger partial charge in [-0.2, -0.15) is 14.9 Å². The van der Waals surface area contributed by atoms with Crippen molar-refractivity contribution in [3.05, 3.63) is 22.0 Å². The number of anilines is 2. The van der Waals surface area contributed by atoms with E-state index in [2.05, 4.69) is 45.4 Å². The minimum absolute atomic E-state index is 0.0476. The molecule has 0 aromatic carbocycles. The van der Waals surface area contributed by atoms with Crippen molar-refractivity contribution in [1.82, 2.24) is 29.4 Å². The summed E-state index contributed by atoms with van der Waals surface area (Å²) >= 11 is 2.32. The predicted molar refractivity (Wildman–Crippen MR) is 171 cm³/mol. The number of carbonyl (C=O) groups is 1. The van der Waals surface area contributed by atoms with E-state index in [1.807, 2.05) is 47.3 Å². The molecule has 232 valence electrons. The van der Waals surface area contributed by atoms with Crippen molar-refractivity contribution < 1.29 is 19.0 Å². The molecule has 13 heteroatoms. The van der Waals surface area contributed by atoms with Gasteiger partial charge < -0.3 is 28.9 Å². The molecule has 7 rings (SSSR count). The van der Waals surface area contributed by atoms with Crippen LogP contribution in [0.1, 0.15) is 66.0 Å². The molecule has 4 saturated heterocycles. The molecule has 7 heterocycles. The molecule has 0 aliphatic carbocycles. The first-order valence-corrected chi connectivity index (χ1v) is 16.6. The lowest BCUT2D eigenvalue weighted by atomic mass is 10.1. The van der Waals surface area contributed by atoms with Gasteiger partial charge in [-0.1, -0.05) is 0 Å². The molecule has 3 aromatic rings. The maximum absolute atomic E-state index is 12.9. The van der Waals surface area contributed by atoms with Crippen molar-refractivity contribution in [2.75, 3.05) is 49.3 Å². The van der Waals surface area contributed by atoms with Crippen LogP contribution in [-0.4, -0.2) is 98.7 Å². The van der Waals surface area contributed by atoms with Gasteiger partial charge >= 0.3 is 6.09 Å². The van der Waals surface area contributed by atoms with Crippen LogP contribution < -0.4 is 9.80 Å².